The first-order chi connectivity index (χ1) is 26.7. The minimum Gasteiger partial charge on any atom is -0.497 e. The standard InChI is InChI=1S/C49H37N3O2/c1-53-42-26-22-39(23-27-42)49(40-24-28-43(54-2)29-25-40)48(37-10-4-3-5-11-37)38-20-18-35(19-21-38)34-14-16-36(17-15-34)41-32-46(44-12-6-8-30-50-44)52-47(33-41)45-13-7-9-31-51-45/h3-33H,1-2H3. The fourth-order valence-electron chi connectivity index (χ4n) is 6.70. The first-order valence-corrected chi connectivity index (χ1v) is 17.8. The van der Waals surface area contributed by atoms with E-state index in [0.29, 0.717) is 0 Å². The molecule has 0 aliphatic heterocycles. The molecule has 0 N–H and O–H groups in total. The summed E-state index contributed by atoms with van der Waals surface area (Å²) in [7, 11) is 3.38. The van der Waals surface area contributed by atoms with Crippen LogP contribution < -0.4 is 9.47 Å². The minimum absolute atomic E-state index is 0.805. The summed E-state index contributed by atoms with van der Waals surface area (Å²) in [5, 5.41) is 0. The van der Waals surface area contributed by atoms with Crippen molar-refractivity contribution in [2.75, 3.05) is 14.2 Å². The second kappa shape index (κ2) is 15.6. The van der Waals surface area contributed by atoms with Crippen LogP contribution in [0.4, 0.5) is 0 Å². The molecule has 0 atom stereocenters. The molecule has 0 unspecified atom stereocenters. The van der Waals surface area contributed by atoms with Gasteiger partial charge in [-0.2, -0.15) is 0 Å². The van der Waals surface area contributed by atoms with Crippen molar-refractivity contribution in [1.82, 2.24) is 15.0 Å². The van der Waals surface area contributed by atoms with Crippen molar-refractivity contribution in [2.45, 2.75) is 0 Å². The molecule has 54 heavy (non-hydrogen) atoms. The Labute approximate surface area is 315 Å². The van der Waals surface area contributed by atoms with Gasteiger partial charge in [-0.15, -0.1) is 0 Å². The maximum atomic E-state index is 5.51. The fraction of sp³-hybridized carbons (Fsp3) is 0.0408. The average molecular weight is 700 g/mol. The number of rotatable bonds is 10. The van der Waals surface area contributed by atoms with Gasteiger partial charge < -0.3 is 9.47 Å². The molecule has 260 valence electrons. The summed E-state index contributed by atoms with van der Waals surface area (Å²) in [6, 6.07) is 60.6. The molecule has 3 aromatic heterocycles. The van der Waals surface area contributed by atoms with Gasteiger partial charge in [0.25, 0.3) is 0 Å². The molecule has 0 amide bonds. The normalized spacial score (nSPS) is 10.8. The van der Waals surface area contributed by atoms with Crippen LogP contribution in [0.2, 0.25) is 0 Å². The second-order valence-corrected chi connectivity index (χ2v) is 12.8. The largest absolute Gasteiger partial charge is 0.497 e. The first-order valence-electron chi connectivity index (χ1n) is 17.8. The number of methoxy groups -OCH3 is 2. The summed E-state index contributed by atoms with van der Waals surface area (Å²) in [6.45, 7) is 0. The van der Waals surface area contributed by atoms with E-state index >= 15 is 0 Å². The number of hydrogen-bond acceptors (Lipinski definition) is 5. The van der Waals surface area contributed by atoms with Crippen LogP contribution in [0.25, 0.3) is 56.2 Å². The third-order valence-electron chi connectivity index (χ3n) is 9.47. The summed E-state index contributed by atoms with van der Waals surface area (Å²) in [6.07, 6.45) is 3.59. The summed E-state index contributed by atoms with van der Waals surface area (Å²) < 4.78 is 11.0. The Morgan fingerprint density at radius 1 is 0.352 bits per heavy atom. The van der Waals surface area contributed by atoms with Crippen LogP contribution in [0.5, 0.6) is 11.5 Å². The van der Waals surface area contributed by atoms with Crippen molar-refractivity contribution in [1.29, 1.82) is 0 Å². The Balaban J connectivity index is 1.18. The van der Waals surface area contributed by atoms with Gasteiger partial charge in [-0.1, -0.05) is 115 Å². The van der Waals surface area contributed by atoms with Crippen molar-refractivity contribution in [2.24, 2.45) is 0 Å². The molecule has 0 fully saturated rings. The molecule has 0 saturated heterocycles. The molecule has 0 radical (unpaired) electrons. The summed E-state index contributed by atoms with van der Waals surface area (Å²) in [4.78, 5) is 14.1. The number of benzene rings is 5. The molecule has 0 aliphatic rings. The molecule has 8 rings (SSSR count). The Hall–Kier alpha value is -7.11. The van der Waals surface area contributed by atoms with Crippen LogP contribution in [0, 0.1) is 0 Å². The van der Waals surface area contributed by atoms with E-state index in [1.807, 2.05) is 60.7 Å². The van der Waals surface area contributed by atoms with Crippen molar-refractivity contribution >= 4 is 11.1 Å². The van der Waals surface area contributed by atoms with Gasteiger partial charge in [-0.05, 0) is 116 Å². The minimum atomic E-state index is 0.805. The molecule has 5 heteroatoms. The SMILES string of the molecule is COc1ccc(C(=C(c2ccccc2)c2ccc(-c3ccc(-c4cc(-c5ccccn5)nc(-c5ccccn5)c4)cc3)cc2)c2ccc(OC)cc2)cc1. The molecule has 0 aliphatic carbocycles. The van der Waals surface area contributed by atoms with E-state index in [-0.39, 0.29) is 0 Å². The first kappa shape index (κ1) is 34.0. The monoisotopic (exact) mass is 699 g/mol. The van der Waals surface area contributed by atoms with Crippen LogP contribution in [-0.2, 0) is 0 Å². The third kappa shape index (κ3) is 7.29. The predicted molar refractivity (Wildman–Crippen MR) is 219 cm³/mol. The highest BCUT2D eigenvalue weighted by molar-refractivity contribution is 6.04. The van der Waals surface area contributed by atoms with Gasteiger partial charge in [0.1, 0.15) is 11.5 Å². The quantitative estimate of drug-likeness (QED) is 0.133. The molecule has 0 spiro atoms. The van der Waals surface area contributed by atoms with Gasteiger partial charge >= 0.3 is 0 Å². The van der Waals surface area contributed by atoms with E-state index in [0.717, 1.165) is 89.9 Å². The van der Waals surface area contributed by atoms with Gasteiger partial charge in [0.15, 0.2) is 0 Å². The zero-order valence-corrected chi connectivity index (χ0v) is 30.1. The molecule has 5 aromatic carbocycles. The summed E-state index contributed by atoms with van der Waals surface area (Å²) in [5.74, 6) is 1.63. The lowest BCUT2D eigenvalue weighted by Gasteiger charge is -2.19. The number of ether oxygens (including phenoxy) is 2. The number of aromatic nitrogens is 3. The van der Waals surface area contributed by atoms with Gasteiger partial charge in [-0.25, -0.2) is 4.98 Å². The van der Waals surface area contributed by atoms with Crippen molar-refractivity contribution in [3.05, 3.63) is 211 Å². The van der Waals surface area contributed by atoms with E-state index < -0.39 is 0 Å². The second-order valence-electron chi connectivity index (χ2n) is 12.8. The average Bonchev–Trinajstić information content (AvgIpc) is 3.26. The molecular weight excluding hydrogens is 663 g/mol. The Morgan fingerprint density at radius 2 is 0.722 bits per heavy atom. The number of pyridine rings is 3. The fourth-order valence-corrected chi connectivity index (χ4v) is 6.70. The smallest absolute Gasteiger partial charge is 0.118 e. The van der Waals surface area contributed by atoms with E-state index in [1.165, 1.54) is 0 Å². The van der Waals surface area contributed by atoms with E-state index in [1.54, 1.807) is 26.6 Å². The Kier molecular flexibility index (Phi) is 9.85. The Bertz CT molecular complexity index is 2390. The molecular formula is C49H37N3O2. The number of hydrogen-bond donors (Lipinski definition) is 0. The number of nitrogens with zero attached hydrogens (tertiary/aromatic N) is 3. The van der Waals surface area contributed by atoms with Crippen molar-refractivity contribution in [3.63, 3.8) is 0 Å². The molecule has 8 aromatic rings. The van der Waals surface area contributed by atoms with E-state index in [2.05, 4.69) is 125 Å². The molecule has 5 nitrogen and oxygen atoms in total. The lowest BCUT2D eigenvalue weighted by atomic mass is 9.85. The van der Waals surface area contributed by atoms with Crippen LogP contribution in [0.1, 0.15) is 22.3 Å². The van der Waals surface area contributed by atoms with Gasteiger partial charge in [0.2, 0.25) is 0 Å². The topological polar surface area (TPSA) is 57.1 Å². The Morgan fingerprint density at radius 3 is 1.13 bits per heavy atom. The van der Waals surface area contributed by atoms with Crippen molar-refractivity contribution in [3.8, 4) is 56.5 Å². The molecule has 3 heterocycles. The van der Waals surface area contributed by atoms with Crippen LogP contribution in [0.3, 0.4) is 0 Å². The van der Waals surface area contributed by atoms with Gasteiger partial charge in [0.05, 0.1) is 37.0 Å². The molecule has 0 bridgehead atoms. The molecule has 0 saturated carbocycles. The highest BCUT2D eigenvalue weighted by atomic mass is 16.5. The highest BCUT2D eigenvalue weighted by Gasteiger charge is 2.17. The van der Waals surface area contributed by atoms with Crippen LogP contribution >= 0.6 is 0 Å². The van der Waals surface area contributed by atoms with Crippen LogP contribution in [-0.4, -0.2) is 29.2 Å². The lowest BCUT2D eigenvalue weighted by molar-refractivity contribution is 0.414. The van der Waals surface area contributed by atoms with E-state index in [4.69, 9.17) is 14.5 Å². The zero-order chi connectivity index (χ0) is 36.7. The van der Waals surface area contributed by atoms with E-state index in [9.17, 15) is 0 Å². The maximum Gasteiger partial charge on any atom is 0.118 e. The van der Waals surface area contributed by atoms with Crippen molar-refractivity contribution < 1.29 is 9.47 Å². The third-order valence-corrected chi connectivity index (χ3v) is 9.47. The highest BCUT2D eigenvalue weighted by Crippen LogP contribution is 2.39. The lowest BCUT2D eigenvalue weighted by Crippen LogP contribution is -1.98. The maximum absolute atomic E-state index is 5.51. The summed E-state index contributed by atoms with van der Waals surface area (Å²) in [5.41, 5.74) is 14.3. The summed E-state index contributed by atoms with van der Waals surface area (Å²) >= 11 is 0. The van der Waals surface area contributed by atoms with Gasteiger partial charge in [0, 0.05) is 12.4 Å². The van der Waals surface area contributed by atoms with Crippen LogP contribution in [0.15, 0.2) is 188 Å². The van der Waals surface area contributed by atoms with Gasteiger partial charge in [-0.3, -0.25) is 9.97 Å². The predicted octanol–water partition coefficient (Wildman–Crippen LogP) is 11.6. The zero-order valence-electron chi connectivity index (χ0n) is 30.1.